The van der Waals surface area contributed by atoms with E-state index in [-0.39, 0.29) is 15.9 Å². The van der Waals surface area contributed by atoms with Gasteiger partial charge in [-0.15, -0.1) is 0 Å². The Balaban J connectivity index is 2.18. The number of halogens is 4. The summed E-state index contributed by atoms with van der Waals surface area (Å²) in [5, 5.41) is 9.32. The fourth-order valence-electron chi connectivity index (χ4n) is 2.56. The molecule has 2 aromatic carbocycles. The summed E-state index contributed by atoms with van der Waals surface area (Å²) in [7, 11) is 0. The number of carboxylic acid groups (broad SMARTS) is 1. The Labute approximate surface area is 159 Å². The second kappa shape index (κ2) is 7.19. The van der Waals surface area contributed by atoms with Crippen LogP contribution in [0.15, 0.2) is 47.5 Å². The van der Waals surface area contributed by atoms with Crippen molar-refractivity contribution >= 4 is 33.4 Å². The molecule has 0 bridgehead atoms. The Morgan fingerprint density at radius 2 is 1.89 bits per heavy atom. The van der Waals surface area contributed by atoms with E-state index in [1.807, 2.05) is 0 Å². The molecule has 1 amide bonds. The van der Waals surface area contributed by atoms with Crippen molar-refractivity contribution in [3.8, 4) is 0 Å². The number of aliphatic carboxylic acids is 1. The summed E-state index contributed by atoms with van der Waals surface area (Å²) < 4.78 is 53.8. The maximum absolute atomic E-state index is 13.6. The van der Waals surface area contributed by atoms with Gasteiger partial charge in [0.2, 0.25) is 0 Å². The predicted molar refractivity (Wildman–Crippen MR) is 93.5 cm³/mol. The molecular weight excluding hydrogens is 400 g/mol. The Morgan fingerprint density at radius 1 is 1.18 bits per heavy atom. The molecule has 0 saturated heterocycles. The number of hydrogen-bond acceptors (Lipinski definition) is 3. The number of thiazole rings is 1. The van der Waals surface area contributed by atoms with Crippen LogP contribution in [-0.4, -0.2) is 21.6 Å². The van der Waals surface area contributed by atoms with Gasteiger partial charge in [-0.2, -0.15) is 18.2 Å². The number of fused-ring (bicyclic) bond motifs is 1. The Kier molecular flexibility index (Phi) is 5.07. The van der Waals surface area contributed by atoms with Crippen molar-refractivity contribution in [2.24, 2.45) is 4.99 Å². The lowest BCUT2D eigenvalue weighted by Crippen LogP contribution is -2.25. The maximum atomic E-state index is 13.6. The number of rotatable bonds is 3. The minimum atomic E-state index is -4.62. The van der Waals surface area contributed by atoms with E-state index < -0.39 is 35.5 Å². The second-order valence-electron chi connectivity index (χ2n) is 5.88. The summed E-state index contributed by atoms with van der Waals surface area (Å²) in [6.07, 6.45) is -4.62. The number of aromatic nitrogens is 1. The van der Waals surface area contributed by atoms with Crippen LogP contribution in [0.2, 0.25) is 0 Å². The smallest absolute Gasteiger partial charge is 0.416 e. The van der Waals surface area contributed by atoms with Gasteiger partial charge in [0.15, 0.2) is 4.80 Å². The van der Waals surface area contributed by atoms with Gasteiger partial charge in [0.05, 0.1) is 15.8 Å². The van der Waals surface area contributed by atoms with Crippen LogP contribution in [0.4, 0.5) is 17.6 Å². The molecule has 0 fully saturated rings. The van der Waals surface area contributed by atoms with Crippen LogP contribution >= 0.6 is 11.3 Å². The van der Waals surface area contributed by atoms with E-state index in [0.29, 0.717) is 10.8 Å². The van der Waals surface area contributed by atoms with Crippen LogP contribution in [0.5, 0.6) is 0 Å². The topological polar surface area (TPSA) is 71.7 Å². The molecule has 1 N–H and O–H groups in total. The van der Waals surface area contributed by atoms with E-state index in [9.17, 15) is 32.3 Å². The fourth-order valence-corrected chi connectivity index (χ4v) is 3.64. The zero-order valence-electron chi connectivity index (χ0n) is 14.2. The number of carbonyl (C=O) groups is 2. The summed E-state index contributed by atoms with van der Waals surface area (Å²) in [6.45, 7) is 1.33. The standard InChI is InChI=1S/C18H12F4N2O3S/c1-9(16(26)27)24-13-8-12(19)5-6-14(13)28-17(24)23-15(25)10-3-2-4-11(7-10)18(20,21)22/h2-9H,1H3,(H,26,27)/b23-17-. The monoisotopic (exact) mass is 412 g/mol. The highest BCUT2D eigenvalue weighted by molar-refractivity contribution is 7.16. The molecule has 28 heavy (non-hydrogen) atoms. The maximum Gasteiger partial charge on any atom is 0.416 e. The van der Waals surface area contributed by atoms with Gasteiger partial charge in [0.25, 0.3) is 5.91 Å². The van der Waals surface area contributed by atoms with Crippen molar-refractivity contribution in [2.75, 3.05) is 0 Å². The molecule has 5 nitrogen and oxygen atoms in total. The van der Waals surface area contributed by atoms with E-state index in [1.165, 1.54) is 25.1 Å². The predicted octanol–water partition coefficient (Wildman–Crippen LogP) is 4.25. The van der Waals surface area contributed by atoms with Gasteiger partial charge in [-0.05, 0) is 43.3 Å². The number of benzene rings is 2. The van der Waals surface area contributed by atoms with Crippen LogP contribution in [-0.2, 0) is 11.0 Å². The van der Waals surface area contributed by atoms with Crippen molar-refractivity contribution in [1.29, 1.82) is 0 Å². The van der Waals surface area contributed by atoms with Crippen LogP contribution in [0.3, 0.4) is 0 Å². The molecule has 1 aromatic heterocycles. The highest BCUT2D eigenvalue weighted by Gasteiger charge is 2.31. The lowest BCUT2D eigenvalue weighted by molar-refractivity contribution is -0.140. The average molecular weight is 412 g/mol. The van der Waals surface area contributed by atoms with Crippen molar-refractivity contribution < 1.29 is 32.3 Å². The van der Waals surface area contributed by atoms with E-state index >= 15 is 0 Å². The van der Waals surface area contributed by atoms with Gasteiger partial charge < -0.3 is 9.67 Å². The molecule has 146 valence electrons. The van der Waals surface area contributed by atoms with Crippen LogP contribution in [0.25, 0.3) is 10.2 Å². The van der Waals surface area contributed by atoms with E-state index in [1.54, 1.807) is 0 Å². The van der Waals surface area contributed by atoms with Gasteiger partial charge in [0, 0.05) is 5.56 Å². The molecule has 0 aliphatic heterocycles. The molecule has 3 aromatic rings. The number of amides is 1. The number of alkyl halides is 3. The quantitative estimate of drug-likeness (QED) is 0.654. The van der Waals surface area contributed by atoms with Crippen LogP contribution in [0.1, 0.15) is 28.9 Å². The molecule has 0 spiro atoms. The number of carbonyl (C=O) groups excluding carboxylic acids is 1. The van der Waals surface area contributed by atoms with Crippen LogP contribution < -0.4 is 4.80 Å². The first-order chi connectivity index (χ1) is 13.1. The summed E-state index contributed by atoms with van der Waals surface area (Å²) >= 11 is 0.934. The molecule has 0 saturated carbocycles. The third-order valence-electron chi connectivity index (χ3n) is 3.97. The molecule has 0 radical (unpaired) electrons. The number of nitrogens with zero attached hydrogens (tertiary/aromatic N) is 2. The Bertz CT molecular complexity index is 1150. The second-order valence-corrected chi connectivity index (χ2v) is 6.89. The van der Waals surface area contributed by atoms with E-state index in [0.717, 1.165) is 34.1 Å². The van der Waals surface area contributed by atoms with Gasteiger partial charge in [-0.25, -0.2) is 9.18 Å². The first-order valence-electron chi connectivity index (χ1n) is 7.87. The first kappa shape index (κ1) is 19.7. The highest BCUT2D eigenvalue weighted by Crippen LogP contribution is 2.29. The summed E-state index contributed by atoms with van der Waals surface area (Å²) in [6, 6.07) is 6.28. The van der Waals surface area contributed by atoms with Gasteiger partial charge in [-0.1, -0.05) is 17.4 Å². The lowest BCUT2D eigenvalue weighted by Gasteiger charge is -2.10. The van der Waals surface area contributed by atoms with Crippen molar-refractivity contribution in [2.45, 2.75) is 19.1 Å². The zero-order valence-corrected chi connectivity index (χ0v) is 15.0. The van der Waals surface area contributed by atoms with Gasteiger partial charge in [0.1, 0.15) is 11.9 Å². The molecule has 1 unspecified atom stereocenters. The lowest BCUT2D eigenvalue weighted by atomic mass is 10.1. The molecule has 1 atom stereocenters. The zero-order chi connectivity index (χ0) is 20.6. The summed E-state index contributed by atoms with van der Waals surface area (Å²) in [5.74, 6) is -2.81. The van der Waals surface area contributed by atoms with Crippen molar-refractivity contribution in [3.63, 3.8) is 0 Å². The third-order valence-corrected chi connectivity index (χ3v) is 5.00. The van der Waals surface area contributed by atoms with E-state index in [2.05, 4.69) is 4.99 Å². The number of carboxylic acids is 1. The van der Waals surface area contributed by atoms with Gasteiger partial charge in [-0.3, -0.25) is 4.79 Å². The Hall–Kier alpha value is -3.01. The molecule has 3 rings (SSSR count). The first-order valence-corrected chi connectivity index (χ1v) is 8.69. The minimum Gasteiger partial charge on any atom is -0.480 e. The fraction of sp³-hybridized carbons (Fsp3) is 0.167. The molecule has 1 heterocycles. The third kappa shape index (κ3) is 3.81. The summed E-state index contributed by atoms with van der Waals surface area (Å²) in [5.41, 5.74) is -1.08. The molecular formula is C18H12F4N2O3S. The molecule has 0 aliphatic carbocycles. The van der Waals surface area contributed by atoms with Gasteiger partial charge >= 0.3 is 12.1 Å². The van der Waals surface area contributed by atoms with Crippen LogP contribution in [0, 0.1) is 5.82 Å². The normalized spacial score (nSPS) is 13.7. The highest BCUT2D eigenvalue weighted by atomic mass is 32.1. The van der Waals surface area contributed by atoms with E-state index in [4.69, 9.17) is 0 Å². The minimum absolute atomic E-state index is 0.0575. The molecule has 10 heteroatoms. The number of hydrogen-bond donors (Lipinski definition) is 1. The van der Waals surface area contributed by atoms with Crippen molar-refractivity contribution in [3.05, 3.63) is 64.2 Å². The Morgan fingerprint density at radius 3 is 2.54 bits per heavy atom. The van der Waals surface area contributed by atoms with Crippen molar-refractivity contribution in [1.82, 2.24) is 4.57 Å². The SMILES string of the molecule is CC(C(=O)O)n1/c(=N/C(=O)c2cccc(C(F)(F)F)c2)sc2ccc(F)cc21. The largest absolute Gasteiger partial charge is 0.480 e. The summed E-state index contributed by atoms with van der Waals surface area (Å²) in [4.78, 5) is 27.6. The molecule has 0 aliphatic rings. The average Bonchev–Trinajstić information content (AvgIpc) is 2.97.